The molecule has 0 amide bonds. The van der Waals surface area contributed by atoms with Crippen molar-refractivity contribution in [1.82, 2.24) is 0 Å². The van der Waals surface area contributed by atoms with Crippen molar-refractivity contribution < 1.29 is 32.9 Å². The fourth-order valence-electron chi connectivity index (χ4n) is 0. The summed E-state index contributed by atoms with van der Waals surface area (Å²) in [6.07, 6.45) is 0. The average Bonchev–Trinajstić information content (AvgIpc) is 0.918. The molecular formula is H2Cl2MgOZr. The summed E-state index contributed by atoms with van der Waals surface area (Å²) < 4.78 is 3.19. The third-order valence-corrected chi connectivity index (χ3v) is 0. The van der Waals surface area contributed by atoms with E-state index in [-0.39, 0.29) is 52.1 Å². The van der Waals surface area contributed by atoms with Crippen LogP contribution in [0.4, 0.5) is 0 Å². The first-order valence-corrected chi connectivity index (χ1v) is 0.926. The summed E-state index contributed by atoms with van der Waals surface area (Å²) in [5.74, 6) is 0. The fourth-order valence-corrected chi connectivity index (χ4v) is 0. The van der Waals surface area contributed by atoms with Gasteiger partial charge in [-0.25, -0.2) is 0 Å². The summed E-state index contributed by atoms with van der Waals surface area (Å²) in [7, 11) is 0. The molecule has 0 unspecified atom stereocenters. The second-order valence-corrected chi connectivity index (χ2v) is 0.525. The molecule has 0 saturated carbocycles. The van der Waals surface area contributed by atoms with Crippen LogP contribution in [0, 0.1) is 0 Å². The predicted octanol–water partition coefficient (Wildman–Crippen LogP) is 1.15. The first-order chi connectivity index (χ1) is 1.41. The molecule has 0 rings (SSSR count). The van der Waals surface area contributed by atoms with Crippen molar-refractivity contribution in [3.8, 4) is 0 Å². The van der Waals surface area contributed by atoms with Gasteiger partial charge in [-0.3, -0.25) is 0 Å². The van der Waals surface area contributed by atoms with Crippen molar-refractivity contribution in [3.63, 3.8) is 0 Å². The van der Waals surface area contributed by atoms with E-state index in [2.05, 4.69) is 27.6 Å². The molecular weight excluding hydrogens is 202 g/mol. The molecule has 1 nitrogen and oxygen atoms in total. The number of hydrogen-bond acceptors (Lipinski definition) is 1. The number of hydrogen-bond donors (Lipinski definition) is 0. The summed E-state index contributed by atoms with van der Waals surface area (Å²) in [4.78, 5) is 0. The smallest absolute Gasteiger partial charge is 1.00 e. The van der Waals surface area contributed by atoms with Crippen molar-refractivity contribution in [2.75, 3.05) is 0 Å². The van der Waals surface area contributed by atoms with Gasteiger partial charge in [0.25, 0.3) is 0 Å². The van der Waals surface area contributed by atoms with Crippen LogP contribution in [0.25, 0.3) is 0 Å². The largest absolute Gasteiger partial charge is 2.00 e. The Labute approximate surface area is 78.9 Å². The maximum Gasteiger partial charge on any atom is 2.00 e. The number of rotatable bonds is 0. The van der Waals surface area contributed by atoms with E-state index in [4.69, 9.17) is 0 Å². The van der Waals surface area contributed by atoms with E-state index in [9.17, 15) is 0 Å². The molecule has 0 N–H and O–H groups in total. The first kappa shape index (κ1) is 15.7. The van der Waals surface area contributed by atoms with E-state index < -0.39 is 0 Å². The first-order valence-electron chi connectivity index (χ1n) is 0.309. The Balaban J connectivity index is -0.00000000333. The van der Waals surface area contributed by atoms with Gasteiger partial charge in [-0.2, -0.15) is 3.84 Å². The Morgan fingerprint density at radius 2 is 1.40 bits per heavy atom. The molecule has 0 spiro atoms. The van der Waals surface area contributed by atoms with Gasteiger partial charge in [0, 0.05) is 26.2 Å². The van der Waals surface area contributed by atoms with Gasteiger partial charge in [0.2, 0.25) is 0 Å². The zero-order valence-corrected chi connectivity index (χ0v) is 7.76. The van der Waals surface area contributed by atoms with E-state index in [0.29, 0.717) is 0 Å². The molecule has 0 aromatic heterocycles. The summed E-state index contributed by atoms with van der Waals surface area (Å²) in [5.41, 5.74) is 0. The fraction of sp³-hybridized carbons (Fsp3) is 0. The Morgan fingerprint density at radius 3 is 1.40 bits per heavy atom. The van der Waals surface area contributed by atoms with Crippen molar-refractivity contribution in [2.24, 2.45) is 0 Å². The minimum atomic E-state index is 0. The molecule has 0 radical (unpaired) electrons. The van der Waals surface area contributed by atoms with Crippen molar-refractivity contribution in [2.45, 2.75) is 0 Å². The molecule has 0 aliphatic heterocycles. The van der Waals surface area contributed by atoms with Crippen LogP contribution in [0.3, 0.4) is 0 Å². The SMILES string of the molecule is ClOCl.[H-].[H-].[Mg+2].[Zr]. The molecule has 5 heteroatoms. The van der Waals surface area contributed by atoms with Gasteiger partial charge in [0.1, 0.15) is 0 Å². The molecule has 28 valence electrons. The van der Waals surface area contributed by atoms with E-state index >= 15 is 0 Å². The van der Waals surface area contributed by atoms with Crippen LogP contribution in [0.1, 0.15) is 2.85 Å². The average molecular weight is 204 g/mol. The Hall–Kier alpha value is 2.19. The molecule has 0 heterocycles. The molecule has 0 saturated heterocycles. The predicted molar refractivity (Wildman–Crippen MR) is 20.8 cm³/mol. The van der Waals surface area contributed by atoms with E-state index in [1.165, 1.54) is 0 Å². The molecule has 5 heavy (non-hydrogen) atoms. The van der Waals surface area contributed by atoms with Crippen LogP contribution in [0.2, 0.25) is 0 Å². The topological polar surface area (TPSA) is 9.23 Å². The maximum atomic E-state index is 4.26. The Kier molecular flexibility index (Phi) is 51.4. The molecule has 0 aromatic carbocycles. The minimum absolute atomic E-state index is 0. The molecule has 0 aliphatic rings. The van der Waals surface area contributed by atoms with Crippen LogP contribution in [-0.2, 0) is 30.0 Å². The van der Waals surface area contributed by atoms with Gasteiger partial charge < -0.3 is 2.85 Å². The Morgan fingerprint density at radius 1 is 1.40 bits per heavy atom. The Bertz CT molecular complexity index is 15.7. The summed E-state index contributed by atoms with van der Waals surface area (Å²) in [5, 5.41) is 0. The normalized spacial score (nSPS) is 3.60. The van der Waals surface area contributed by atoms with Crippen LogP contribution >= 0.6 is 23.7 Å². The van der Waals surface area contributed by atoms with E-state index in [1.54, 1.807) is 0 Å². The van der Waals surface area contributed by atoms with E-state index in [1.807, 2.05) is 0 Å². The van der Waals surface area contributed by atoms with Gasteiger partial charge in [-0.1, -0.05) is 0 Å². The summed E-state index contributed by atoms with van der Waals surface area (Å²) >= 11 is 8.53. The van der Waals surface area contributed by atoms with Gasteiger partial charge >= 0.3 is 23.1 Å². The van der Waals surface area contributed by atoms with Gasteiger partial charge in [0.05, 0.1) is 23.7 Å². The summed E-state index contributed by atoms with van der Waals surface area (Å²) in [6.45, 7) is 0. The minimum Gasteiger partial charge on any atom is -1.00 e. The zero-order chi connectivity index (χ0) is 2.71. The van der Waals surface area contributed by atoms with Crippen LogP contribution in [0.15, 0.2) is 0 Å². The third-order valence-electron chi connectivity index (χ3n) is 0. The molecule has 0 bridgehead atoms. The van der Waals surface area contributed by atoms with Gasteiger partial charge in [-0.15, -0.1) is 0 Å². The van der Waals surface area contributed by atoms with Crippen molar-refractivity contribution >= 4 is 46.8 Å². The van der Waals surface area contributed by atoms with Gasteiger partial charge in [0.15, 0.2) is 0 Å². The zero-order valence-electron chi connectivity index (χ0n) is 4.37. The molecule has 0 aromatic rings. The molecule has 0 aliphatic carbocycles. The van der Waals surface area contributed by atoms with Crippen molar-refractivity contribution in [3.05, 3.63) is 0 Å². The van der Waals surface area contributed by atoms with Crippen LogP contribution in [0.5, 0.6) is 0 Å². The third kappa shape index (κ3) is 22.7. The second kappa shape index (κ2) is 16.4. The summed E-state index contributed by atoms with van der Waals surface area (Å²) in [6, 6.07) is 0. The quantitative estimate of drug-likeness (QED) is 0.538. The standard InChI is InChI=1S/Cl2O.Mg.Zr.2H/c1-3-2;;;;/q;+2;;2*-1. The van der Waals surface area contributed by atoms with Crippen LogP contribution in [-0.4, -0.2) is 23.1 Å². The molecule has 0 fully saturated rings. The second-order valence-electron chi connectivity index (χ2n) is 0.0583. The van der Waals surface area contributed by atoms with E-state index in [0.717, 1.165) is 0 Å². The van der Waals surface area contributed by atoms with Crippen LogP contribution < -0.4 is 0 Å². The van der Waals surface area contributed by atoms with Crippen molar-refractivity contribution in [1.29, 1.82) is 0 Å². The monoisotopic (exact) mass is 202 g/mol. The molecule has 0 atom stereocenters. The van der Waals surface area contributed by atoms with Gasteiger partial charge in [-0.05, 0) is 0 Å². The number of halogens is 2. The maximum absolute atomic E-state index is 4.26.